The summed E-state index contributed by atoms with van der Waals surface area (Å²) in [4.78, 5) is 13.0. The lowest BCUT2D eigenvalue weighted by Crippen LogP contribution is -2.03. The van der Waals surface area contributed by atoms with Crippen LogP contribution in [0.4, 0.5) is 0 Å². The first kappa shape index (κ1) is 20.3. The van der Waals surface area contributed by atoms with Crippen LogP contribution in [0.15, 0.2) is 80.4 Å². The Bertz CT molecular complexity index is 1460. The minimum atomic E-state index is -0.468. The number of thiophene rings is 1. The molecule has 0 atom stereocenters. The lowest BCUT2D eigenvalue weighted by atomic mass is 10.1. The second-order valence-corrected chi connectivity index (χ2v) is 8.74. The molecular weight excluding hydrogens is 446 g/mol. The summed E-state index contributed by atoms with van der Waals surface area (Å²) in [5.41, 5.74) is 1.49. The molecule has 1 N–H and O–H groups in total. The van der Waals surface area contributed by atoms with Gasteiger partial charge in [-0.2, -0.15) is 0 Å². The summed E-state index contributed by atoms with van der Waals surface area (Å²) in [7, 11) is 1.63. The fraction of sp³-hybridized carbons (Fsp3) is 0.0870. The Labute approximate surface area is 190 Å². The second-order valence-electron chi connectivity index (χ2n) is 6.85. The monoisotopic (exact) mass is 463 g/mol. The van der Waals surface area contributed by atoms with Gasteiger partial charge in [-0.05, 0) is 41.3 Å². The molecule has 7 nitrogen and oxygen atoms in total. The number of aromatic nitrogens is 3. The summed E-state index contributed by atoms with van der Waals surface area (Å²) in [6.45, 7) is 0. The van der Waals surface area contributed by atoms with Gasteiger partial charge in [-0.1, -0.05) is 30.0 Å². The topological polar surface area (TPSA) is 90.4 Å². The zero-order valence-corrected chi connectivity index (χ0v) is 18.5. The molecule has 0 spiro atoms. The van der Waals surface area contributed by atoms with E-state index in [2.05, 4.69) is 10.2 Å². The van der Waals surface area contributed by atoms with Gasteiger partial charge in [-0.15, -0.1) is 21.5 Å². The van der Waals surface area contributed by atoms with Gasteiger partial charge in [-0.25, -0.2) is 4.79 Å². The molecule has 0 aliphatic rings. The Hall–Kier alpha value is -3.56. The van der Waals surface area contributed by atoms with E-state index in [0.29, 0.717) is 28.1 Å². The molecule has 0 aliphatic carbocycles. The predicted molar refractivity (Wildman–Crippen MR) is 125 cm³/mol. The van der Waals surface area contributed by atoms with Crippen molar-refractivity contribution in [1.82, 2.24) is 14.8 Å². The molecule has 3 aromatic heterocycles. The van der Waals surface area contributed by atoms with Gasteiger partial charge >= 0.3 is 5.63 Å². The van der Waals surface area contributed by atoms with Crippen molar-refractivity contribution in [2.24, 2.45) is 0 Å². The maximum Gasteiger partial charge on any atom is 0.336 e. The van der Waals surface area contributed by atoms with Crippen molar-refractivity contribution in [3.63, 3.8) is 0 Å². The minimum Gasteiger partial charge on any atom is -0.508 e. The van der Waals surface area contributed by atoms with Gasteiger partial charge < -0.3 is 14.3 Å². The van der Waals surface area contributed by atoms with Gasteiger partial charge in [0, 0.05) is 23.3 Å². The average Bonchev–Trinajstić information content (AvgIpc) is 3.46. The number of ether oxygens (including phenoxy) is 1. The molecule has 3 heterocycles. The van der Waals surface area contributed by atoms with Gasteiger partial charge in [0.2, 0.25) is 0 Å². The largest absolute Gasteiger partial charge is 0.508 e. The lowest BCUT2D eigenvalue weighted by molar-refractivity contribution is 0.412. The third-order valence-corrected chi connectivity index (χ3v) is 6.72. The molecule has 2 aromatic carbocycles. The van der Waals surface area contributed by atoms with E-state index in [1.54, 1.807) is 30.6 Å². The number of hydrogen-bond acceptors (Lipinski definition) is 8. The predicted octanol–water partition coefficient (Wildman–Crippen LogP) is 5.11. The average molecular weight is 464 g/mol. The molecular formula is C23H17N3O4S2. The van der Waals surface area contributed by atoms with Crippen LogP contribution in [0.25, 0.3) is 27.4 Å². The molecule has 0 saturated heterocycles. The van der Waals surface area contributed by atoms with Gasteiger partial charge in [0.15, 0.2) is 11.0 Å². The lowest BCUT2D eigenvalue weighted by Gasteiger charge is -2.13. The van der Waals surface area contributed by atoms with Crippen molar-refractivity contribution in [3.8, 4) is 27.9 Å². The first-order valence-corrected chi connectivity index (χ1v) is 11.5. The van der Waals surface area contributed by atoms with Crippen molar-refractivity contribution in [1.29, 1.82) is 0 Å². The number of fused-ring (bicyclic) bond motifs is 1. The molecule has 0 saturated carbocycles. The highest BCUT2D eigenvalue weighted by atomic mass is 32.2. The first-order chi connectivity index (χ1) is 15.6. The molecule has 0 fully saturated rings. The van der Waals surface area contributed by atoms with Crippen LogP contribution in [0, 0.1) is 0 Å². The first-order valence-electron chi connectivity index (χ1n) is 9.65. The van der Waals surface area contributed by atoms with Crippen LogP contribution in [0.2, 0.25) is 0 Å². The van der Waals surface area contributed by atoms with Crippen molar-refractivity contribution in [2.75, 3.05) is 7.11 Å². The number of hydrogen-bond donors (Lipinski definition) is 1. The Balaban J connectivity index is 1.58. The van der Waals surface area contributed by atoms with Gasteiger partial charge in [0.05, 0.1) is 17.7 Å². The van der Waals surface area contributed by atoms with Crippen LogP contribution < -0.4 is 10.4 Å². The molecule has 0 aliphatic heterocycles. The fourth-order valence-corrected chi connectivity index (χ4v) is 5.08. The SMILES string of the molecule is COc1ccccc1-n1c(SCc2cc(=O)oc3cc(O)ccc23)nnc1-c1cccs1. The van der Waals surface area contributed by atoms with Gasteiger partial charge in [0.25, 0.3) is 0 Å². The fourth-order valence-electron chi connectivity index (χ4n) is 3.44. The molecule has 5 rings (SSSR count). The zero-order chi connectivity index (χ0) is 22.1. The molecule has 160 valence electrons. The van der Waals surface area contributed by atoms with Crippen LogP contribution in [0.1, 0.15) is 5.56 Å². The maximum absolute atomic E-state index is 12.1. The number of methoxy groups -OCH3 is 1. The van der Waals surface area contributed by atoms with Crippen molar-refractivity contribution in [2.45, 2.75) is 10.9 Å². The Kier molecular flexibility index (Phi) is 5.42. The quantitative estimate of drug-likeness (QED) is 0.276. The highest BCUT2D eigenvalue weighted by molar-refractivity contribution is 7.98. The summed E-state index contributed by atoms with van der Waals surface area (Å²) in [5.74, 6) is 1.93. The zero-order valence-electron chi connectivity index (χ0n) is 16.9. The molecule has 0 amide bonds. The molecule has 9 heteroatoms. The standard InChI is InChI=1S/C23H17N3O4S2/c1-29-18-6-3-2-5-17(18)26-22(20-7-4-10-31-20)24-25-23(26)32-13-14-11-21(28)30-19-12-15(27)8-9-16(14)19/h2-12,27H,13H2,1H3. The van der Waals surface area contributed by atoms with Gasteiger partial charge in [-0.3, -0.25) is 4.57 Å². The minimum absolute atomic E-state index is 0.0435. The Morgan fingerprint density at radius 1 is 1.12 bits per heavy atom. The third-order valence-electron chi connectivity index (χ3n) is 4.87. The van der Waals surface area contributed by atoms with E-state index >= 15 is 0 Å². The van der Waals surface area contributed by atoms with E-state index in [1.165, 1.54) is 23.9 Å². The highest BCUT2D eigenvalue weighted by Crippen LogP contribution is 2.35. The van der Waals surface area contributed by atoms with Crippen molar-refractivity contribution >= 4 is 34.1 Å². The van der Waals surface area contributed by atoms with E-state index in [9.17, 15) is 9.90 Å². The van der Waals surface area contributed by atoms with E-state index in [0.717, 1.165) is 21.5 Å². The summed E-state index contributed by atoms with van der Waals surface area (Å²) in [6.07, 6.45) is 0. The number of phenols is 1. The van der Waals surface area contributed by atoms with Crippen LogP contribution >= 0.6 is 23.1 Å². The Morgan fingerprint density at radius 3 is 2.81 bits per heavy atom. The summed E-state index contributed by atoms with van der Waals surface area (Å²) in [6, 6.07) is 17.9. The number of benzene rings is 2. The molecule has 32 heavy (non-hydrogen) atoms. The number of rotatable bonds is 6. The van der Waals surface area contributed by atoms with Crippen molar-refractivity contribution < 1.29 is 14.3 Å². The molecule has 5 aromatic rings. The van der Waals surface area contributed by atoms with E-state index in [1.807, 2.05) is 46.3 Å². The second kappa shape index (κ2) is 8.52. The van der Waals surface area contributed by atoms with Gasteiger partial charge in [0.1, 0.15) is 17.1 Å². The normalized spacial score (nSPS) is 11.2. The van der Waals surface area contributed by atoms with Crippen LogP contribution in [0.5, 0.6) is 11.5 Å². The number of para-hydroxylation sites is 2. The summed E-state index contributed by atoms with van der Waals surface area (Å²) >= 11 is 3.04. The number of thioether (sulfide) groups is 1. The molecule has 0 unspecified atom stereocenters. The Morgan fingerprint density at radius 2 is 2.00 bits per heavy atom. The molecule has 0 bridgehead atoms. The van der Waals surface area contributed by atoms with E-state index < -0.39 is 5.63 Å². The summed E-state index contributed by atoms with van der Waals surface area (Å²) in [5, 5.41) is 22.0. The number of phenolic OH excluding ortho intramolecular Hbond substituents is 1. The maximum atomic E-state index is 12.1. The van der Waals surface area contributed by atoms with Crippen LogP contribution in [-0.4, -0.2) is 27.0 Å². The number of aromatic hydroxyl groups is 1. The van der Waals surface area contributed by atoms with E-state index in [-0.39, 0.29) is 5.75 Å². The van der Waals surface area contributed by atoms with Crippen LogP contribution in [0.3, 0.4) is 0 Å². The smallest absolute Gasteiger partial charge is 0.336 e. The third kappa shape index (κ3) is 3.76. The number of nitrogens with zero attached hydrogens (tertiary/aromatic N) is 3. The van der Waals surface area contributed by atoms with Crippen LogP contribution in [-0.2, 0) is 5.75 Å². The van der Waals surface area contributed by atoms with Crippen molar-refractivity contribution in [3.05, 3.63) is 82.0 Å². The summed E-state index contributed by atoms with van der Waals surface area (Å²) < 4.78 is 12.8. The molecule has 0 radical (unpaired) electrons. The van der Waals surface area contributed by atoms with E-state index in [4.69, 9.17) is 9.15 Å². The highest BCUT2D eigenvalue weighted by Gasteiger charge is 2.20.